The van der Waals surface area contributed by atoms with Gasteiger partial charge in [0.05, 0.1) is 5.01 Å². The SMILES string of the molecule is CC(C)c1nc(C(=O)O)c(N2CCN(C(=O)OC(C)(C)C)[C@H](C)C2)s1. The van der Waals surface area contributed by atoms with Crippen molar-refractivity contribution in [3.05, 3.63) is 10.7 Å². The normalized spacial score (nSPS) is 18.6. The van der Waals surface area contributed by atoms with Crippen LogP contribution in [0.25, 0.3) is 0 Å². The molecule has 2 rings (SSSR count). The molecule has 0 unspecified atom stereocenters. The van der Waals surface area contributed by atoms with Crippen molar-refractivity contribution in [1.82, 2.24) is 9.88 Å². The Bertz CT molecular complexity index is 651. The highest BCUT2D eigenvalue weighted by Gasteiger charge is 2.33. The molecule has 0 radical (unpaired) electrons. The molecule has 0 spiro atoms. The fourth-order valence-electron chi connectivity index (χ4n) is 2.66. The van der Waals surface area contributed by atoms with E-state index in [4.69, 9.17) is 4.74 Å². The Balaban J connectivity index is 2.15. The molecule has 1 fully saturated rings. The topological polar surface area (TPSA) is 83.0 Å². The summed E-state index contributed by atoms with van der Waals surface area (Å²) >= 11 is 1.42. The largest absolute Gasteiger partial charge is 0.476 e. The van der Waals surface area contributed by atoms with Crippen molar-refractivity contribution in [2.45, 2.75) is 59.1 Å². The van der Waals surface area contributed by atoms with Gasteiger partial charge in [-0.3, -0.25) is 0 Å². The molecule has 0 aliphatic carbocycles. The minimum atomic E-state index is -1.01. The summed E-state index contributed by atoms with van der Waals surface area (Å²) in [6.07, 6.45) is -0.328. The van der Waals surface area contributed by atoms with Gasteiger partial charge in [-0.05, 0) is 27.7 Å². The summed E-state index contributed by atoms with van der Waals surface area (Å²) in [5.74, 6) is -0.835. The van der Waals surface area contributed by atoms with Crippen LogP contribution in [0.4, 0.5) is 9.80 Å². The van der Waals surface area contributed by atoms with E-state index in [0.29, 0.717) is 24.6 Å². The number of carbonyl (C=O) groups is 2. The first-order chi connectivity index (χ1) is 11.5. The van der Waals surface area contributed by atoms with Gasteiger partial charge in [-0.15, -0.1) is 11.3 Å². The van der Waals surface area contributed by atoms with Crippen LogP contribution in [0.5, 0.6) is 0 Å². The maximum absolute atomic E-state index is 12.3. The van der Waals surface area contributed by atoms with Crippen molar-refractivity contribution in [3.8, 4) is 0 Å². The minimum Gasteiger partial charge on any atom is -0.476 e. The van der Waals surface area contributed by atoms with E-state index in [2.05, 4.69) is 4.98 Å². The second-order valence-corrected chi connectivity index (χ2v) is 8.64. The van der Waals surface area contributed by atoms with Crippen LogP contribution in [-0.2, 0) is 4.74 Å². The molecule has 1 amide bonds. The third-order valence-electron chi connectivity index (χ3n) is 3.87. The molecule has 7 nitrogen and oxygen atoms in total. The molecule has 8 heteroatoms. The summed E-state index contributed by atoms with van der Waals surface area (Å²) in [6.45, 7) is 13.1. The van der Waals surface area contributed by atoms with E-state index >= 15 is 0 Å². The minimum absolute atomic E-state index is 0.0742. The van der Waals surface area contributed by atoms with Crippen molar-refractivity contribution in [2.75, 3.05) is 24.5 Å². The number of anilines is 1. The number of piperazine rings is 1. The second-order valence-electron chi connectivity index (χ2n) is 7.63. The first kappa shape index (κ1) is 19.5. The van der Waals surface area contributed by atoms with Crippen molar-refractivity contribution < 1.29 is 19.4 Å². The van der Waals surface area contributed by atoms with Crippen LogP contribution in [0, 0.1) is 0 Å². The van der Waals surface area contributed by atoms with Crippen LogP contribution in [-0.4, -0.2) is 58.3 Å². The van der Waals surface area contributed by atoms with Gasteiger partial charge < -0.3 is 19.6 Å². The second kappa shape index (κ2) is 7.19. The van der Waals surface area contributed by atoms with Crippen LogP contribution < -0.4 is 4.90 Å². The Labute approximate surface area is 152 Å². The van der Waals surface area contributed by atoms with Gasteiger partial charge >= 0.3 is 12.1 Å². The molecular formula is C17H27N3O4S. The zero-order valence-corrected chi connectivity index (χ0v) is 16.5. The molecule has 1 aromatic rings. The summed E-state index contributed by atoms with van der Waals surface area (Å²) in [4.78, 5) is 31.9. The Hall–Kier alpha value is -1.83. The van der Waals surface area contributed by atoms with E-state index in [1.165, 1.54) is 11.3 Å². The maximum Gasteiger partial charge on any atom is 0.410 e. The van der Waals surface area contributed by atoms with Gasteiger partial charge in [0.25, 0.3) is 0 Å². The van der Waals surface area contributed by atoms with E-state index in [-0.39, 0.29) is 23.7 Å². The van der Waals surface area contributed by atoms with E-state index in [1.807, 2.05) is 46.4 Å². The van der Waals surface area contributed by atoms with Crippen LogP contribution in [0.3, 0.4) is 0 Å². The first-order valence-corrected chi connectivity index (χ1v) is 9.30. The molecule has 2 heterocycles. The fourth-order valence-corrected chi connectivity index (χ4v) is 3.76. The molecule has 140 valence electrons. The average molecular weight is 369 g/mol. The Morgan fingerprint density at radius 3 is 2.44 bits per heavy atom. The molecular weight excluding hydrogens is 342 g/mol. The van der Waals surface area contributed by atoms with Gasteiger partial charge in [-0.2, -0.15) is 0 Å². The smallest absolute Gasteiger partial charge is 0.410 e. The van der Waals surface area contributed by atoms with Crippen LogP contribution in [0.15, 0.2) is 0 Å². The van der Waals surface area contributed by atoms with Crippen LogP contribution in [0.1, 0.15) is 63.0 Å². The third kappa shape index (κ3) is 4.62. The molecule has 1 aromatic heterocycles. The molecule has 25 heavy (non-hydrogen) atoms. The van der Waals surface area contributed by atoms with Gasteiger partial charge in [-0.25, -0.2) is 14.6 Å². The van der Waals surface area contributed by atoms with Crippen molar-refractivity contribution in [3.63, 3.8) is 0 Å². The monoisotopic (exact) mass is 369 g/mol. The molecule has 0 saturated carbocycles. The molecule has 1 N–H and O–H groups in total. The molecule has 0 bridgehead atoms. The summed E-state index contributed by atoms with van der Waals surface area (Å²) in [5, 5.41) is 10.9. The van der Waals surface area contributed by atoms with E-state index in [1.54, 1.807) is 4.90 Å². The molecule has 0 aromatic carbocycles. The number of aromatic carboxylic acids is 1. The van der Waals surface area contributed by atoms with Gasteiger partial charge in [0.1, 0.15) is 10.6 Å². The lowest BCUT2D eigenvalue weighted by molar-refractivity contribution is 0.0158. The zero-order chi connectivity index (χ0) is 18.9. The number of hydrogen-bond donors (Lipinski definition) is 1. The predicted molar refractivity (Wildman–Crippen MR) is 97.8 cm³/mol. The Kier molecular flexibility index (Phi) is 5.61. The van der Waals surface area contributed by atoms with E-state index in [9.17, 15) is 14.7 Å². The lowest BCUT2D eigenvalue weighted by atomic mass is 10.2. The third-order valence-corrected chi connectivity index (χ3v) is 5.28. The lowest BCUT2D eigenvalue weighted by Crippen LogP contribution is -2.55. The summed E-state index contributed by atoms with van der Waals surface area (Å²) < 4.78 is 5.45. The molecule has 1 aliphatic rings. The van der Waals surface area contributed by atoms with Gasteiger partial charge in [-0.1, -0.05) is 13.8 Å². The van der Waals surface area contributed by atoms with Gasteiger partial charge in [0.2, 0.25) is 0 Å². The molecule has 1 saturated heterocycles. The van der Waals surface area contributed by atoms with Crippen molar-refractivity contribution >= 4 is 28.4 Å². The highest BCUT2D eigenvalue weighted by Crippen LogP contribution is 2.34. The number of carboxylic acids is 1. The van der Waals surface area contributed by atoms with Crippen LogP contribution >= 0.6 is 11.3 Å². The average Bonchev–Trinajstić information content (AvgIpc) is 2.90. The number of nitrogens with zero attached hydrogens (tertiary/aromatic N) is 3. The van der Waals surface area contributed by atoms with E-state index < -0.39 is 11.6 Å². The number of thiazole rings is 1. The number of carbonyl (C=O) groups excluding carboxylic acids is 1. The number of rotatable bonds is 3. The van der Waals surface area contributed by atoms with Gasteiger partial charge in [0.15, 0.2) is 5.69 Å². The summed E-state index contributed by atoms with van der Waals surface area (Å²) in [6, 6.07) is -0.0742. The van der Waals surface area contributed by atoms with Crippen molar-refractivity contribution in [2.24, 2.45) is 0 Å². The summed E-state index contributed by atoms with van der Waals surface area (Å²) in [5.41, 5.74) is -0.430. The lowest BCUT2D eigenvalue weighted by Gasteiger charge is -2.40. The number of aromatic nitrogens is 1. The number of hydrogen-bond acceptors (Lipinski definition) is 6. The predicted octanol–water partition coefficient (Wildman–Crippen LogP) is 3.41. The number of ether oxygens (including phenoxy) is 1. The van der Waals surface area contributed by atoms with Crippen molar-refractivity contribution in [1.29, 1.82) is 0 Å². The maximum atomic E-state index is 12.3. The molecule has 1 aliphatic heterocycles. The Morgan fingerprint density at radius 2 is 1.96 bits per heavy atom. The number of amides is 1. The zero-order valence-electron chi connectivity index (χ0n) is 15.7. The highest BCUT2D eigenvalue weighted by atomic mass is 32.1. The summed E-state index contributed by atoms with van der Waals surface area (Å²) in [7, 11) is 0. The quantitative estimate of drug-likeness (QED) is 0.879. The van der Waals surface area contributed by atoms with Gasteiger partial charge in [0, 0.05) is 31.6 Å². The number of carboxylic acid groups (broad SMARTS) is 1. The van der Waals surface area contributed by atoms with Crippen LogP contribution in [0.2, 0.25) is 0 Å². The standard InChI is InChI=1S/C17H27N3O4S/c1-10(2)13-18-12(15(21)22)14(25-13)19-7-8-20(11(3)9-19)16(23)24-17(4,5)6/h10-11H,7-9H2,1-6H3,(H,21,22)/t11-/m1/s1. The van der Waals surface area contributed by atoms with E-state index in [0.717, 1.165) is 5.01 Å². The highest BCUT2D eigenvalue weighted by molar-refractivity contribution is 7.16. The molecule has 1 atom stereocenters. The first-order valence-electron chi connectivity index (χ1n) is 8.48. The fraction of sp³-hybridized carbons (Fsp3) is 0.706. The Morgan fingerprint density at radius 1 is 1.32 bits per heavy atom.